The first-order chi connectivity index (χ1) is 18.0. The minimum absolute atomic E-state index is 0.161. The molecule has 0 heterocycles. The van der Waals surface area contributed by atoms with Gasteiger partial charge in [0.25, 0.3) is 0 Å². The van der Waals surface area contributed by atoms with Gasteiger partial charge in [0.2, 0.25) is 5.91 Å². The van der Waals surface area contributed by atoms with Crippen molar-refractivity contribution >= 4 is 21.8 Å². The largest absolute Gasteiger partial charge is 0.460 e. The average Bonchev–Trinajstić information content (AvgIpc) is 2.88. The minimum Gasteiger partial charge on any atom is -0.378 e. The third kappa shape index (κ3) is 5.38. The van der Waals surface area contributed by atoms with Gasteiger partial charge < -0.3 is 10.4 Å². The molecule has 0 spiro atoms. The number of benzene rings is 3. The lowest BCUT2D eigenvalue weighted by molar-refractivity contribution is -0.420. The van der Waals surface area contributed by atoms with Gasteiger partial charge in [0.05, 0.1) is 0 Å². The molecule has 0 aliphatic rings. The molecule has 0 saturated heterocycles. The smallest absolute Gasteiger partial charge is 0.378 e. The molecule has 2 atom stereocenters. The monoisotopic (exact) mass is 627 g/mol. The summed E-state index contributed by atoms with van der Waals surface area (Å²) >= 11 is 2.96. The maximum atomic E-state index is 15.8. The fraction of sp³-hybridized carbons (Fsp3) is 0.269. The number of aliphatic hydroxyl groups is 1. The average molecular weight is 628 g/mol. The number of amides is 1. The zero-order valence-electron chi connectivity index (χ0n) is 19.5. The van der Waals surface area contributed by atoms with E-state index in [1.165, 1.54) is 30.3 Å². The zero-order chi connectivity index (χ0) is 29.3. The molecular formula is C26H19BrF9NO2. The number of hydrogen-bond acceptors (Lipinski definition) is 2. The lowest BCUT2D eigenvalue weighted by atomic mass is 9.70. The van der Waals surface area contributed by atoms with Crippen LogP contribution in [0, 0.1) is 0 Å². The Morgan fingerprint density at radius 2 is 1.21 bits per heavy atom. The molecule has 0 aromatic heterocycles. The van der Waals surface area contributed by atoms with E-state index < -0.39 is 52.5 Å². The molecule has 0 aliphatic heterocycles. The molecule has 210 valence electrons. The molecule has 0 aliphatic carbocycles. The number of hydrogen-bond donors (Lipinski definition) is 2. The van der Waals surface area contributed by atoms with Crippen molar-refractivity contribution in [1.29, 1.82) is 0 Å². The van der Waals surface area contributed by atoms with Crippen LogP contribution in [0.1, 0.15) is 22.6 Å². The number of alkyl halides is 9. The number of carbonyl (C=O) groups is 1. The highest BCUT2D eigenvalue weighted by Gasteiger charge is 2.87. The summed E-state index contributed by atoms with van der Waals surface area (Å²) in [6.07, 6.45) is -7.13. The van der Waals surface area contributed by atoms with Crippen LogP contribution in [-0.4, -0.2) is 35.0 Å². The fourth-order valence-electron chi connectivity index (χ4n) is 3.96. The second-order valence-corrected chi connectivity index (χ2v) is 9.46. The predicted molar refractivity (Wildman–Crippen MR) is 126 cm³/mol. The molecule has 0 fully saturated rings. The van der Waals surface area contributed by atoms with Gasteiger partial charge in [0.15, 0.2) is 5.60 Å². The third-order valence-electron chi connectivity index (χ3n) is 6.03. The summed E-state index contributed by atoms with van der Waals surface area (Å²) < 4.78 is 128. The van der Waals surface area contributed by atoms with Crippen molar-refractivity contribution in [3.63, 3.8) is 0 Å². The Morgan fingerprint density at radius 1 is 0.718 bits per heavy atom. The van der Waals surface area contributed by atoms with E-state index in [1.807, 2.05) is 0 Å². The SMILES string of the molecule is O=C(NCc1ccccc1)[C@@H](c1ccccc1)[C@](O)(c1ccc(Br)cc1)C(F)(F)C(F)(F)C(F)(F)C(F)(F)F. The Balaban J connectivity index is 2.29. The summed E-state index contributed by atoms with van der Waals surface area (Å²) in [4.78, 5) is 13.4. The normalized spacial score (nSPS) is 15.4. The Kier molecular flexibility index (Phi) is 8.47. The van der Waals surface area contributed by atoms with Crippen LogP contribution in [0.5, 0.6) is 0 Å². The van der Waals surface area contributed by atoms with Gasteiger partial charge in [0.1, 0.15) is 5.92 Å². The lowest BCUT2D eigenvalue weighted by Gasteiger charge is -2.46. The van der Waals surface area contributed by atoms with Gasteiger partial charge in [-0.25, -0.2) is 0 Å². The molecule has 0 radical (unpaired) electrons. The molecule has 1 amide bonds. The van der Waals surface area contributed by atoms with Crippen LogP contribution in [0.15, 0.2) is 89.4 Å². The van der Waals surface area contributed by atoms with Gasteiger partial charge in [-0.15, -0.1) is 0 Å². The van der Waals surface area contributed by atoms with Crippen molar-refractivity contribution in [1.82, 2.24) is 5.32 Å². The van der Waals surface area contributed by atoms with Crippen molar-refractivity contribution in [3.8, 4) is 0 Å². The van der Waals surface area contributed by atoms with Crippen LogP contribution in [0.2, 0.25) is 0 Å². The van der Waals surface area contributed by atoms with E-state index >= 15 is 8.78 Å². The molecule has 3 nitrogen and oxygen atoms in total. The maximum Gasteiger partial charge on any atom is 0.460 e. The summed E-state index contributed by atoms with van der Waals surface area (Å²) in [5, 5.41) is 13.6. The highest BCUT2D eigenvalue weighted by Crippen LogP contribution is 2.61. The van der Waals surface area contributed by atoms with Gasteiger partial charge >= 0.3 is 23.9 Å². The van der Waals surface area contributed by atoms with Gasteiger partial charge in [-0.1, -0.05) is 88.7 Å². The quantitative estimate of drug-likeness (QED) is 0.246. The Hall–Kier alpha value is -3.06. The molecule has 2 N–H and O–H groups in total. The molecule has 0 saturated carbocycles. The van der Waals surface area contributed by atoms with Crippen LogP contribution in [0.4, 0.5) is 39.5 Å². The molecular weight excluding hydrogens is 609 g/mol. The highest BCUT2D eigenvalue weighted by atomic mass is 79.9. The van der Waals surface area contributed by atoms with E-state index in [0.29, 0.717) is 17.7 Å². The first-order valence-electron chi connectivity index (χ1n) is 11.0. The summed E-state index contributed by atoms with van der Waals surface area (Å²) in [7, 11) is 0. The van der Waals surface area contributed by atoms with Crippen molar-refractivity contribution in [2.45, 2.75) is 42.0 Å². The second-order valence-electron chi connectivity index (χ2n) is 8.54. The molecule has 3 aromatic rings. The third-order valence-corrected chi connectivity index (χ3v) is 6.56. The van der Waals surface area contributed by atoms with Gasteiger partial charge in [-0.05, 0) is 28.8 Å². The molecule has 0 bridgehead atoms. The predicted octanol–water partition coefficient (Wildman–Crippen LogP) is 7.21. The van der Waals surface area contributed by atoms with Crippen molar-refractivity contribution < 1.29 is 49.4 Å². The molecule has 3 rings (SSSR count). The standard InChI is InChI=1S/C26H19BrF9NO2/c27-19-13-11-18(12-14-19)22(39,23(28,29)24(30,31)25(32,33)26(34,35)36)20(17-9-5-2-6-10-17)21(38)37-15-16-7-3-1-4-8-16/h1-14,20,39H,15H2,(H,37,38)/t20-,22-/m1/s1. The van der Waals surface area contributed by atoms with E-state index in [9.17, 15) is 40.6 Å². The van der Waals surface area contributed by atoms with Crippen LogP contribution < -0.4 is 5.32 Å². The molecule has 0 unspecified atom stereocenters. The fourth-order valence-corrected chi connectivity index (χ4v) is 4.23. The number of carbonyl (C=O) groups excluding carboxylic acids is 1. The van der Waals surface area contributed by atoms with Crippen LogP contribution in [-0.2, 0) is 16.9 Å². The summed E-state index contributed by atoms with van der Waals surface area (Å²) in [5.41, 5.74) is -5.98. The van der Waals surface area contributed by atoms with E-state index in [1.54, 1.807) is 18.2 Å². The van der Waals surface area contributed by atoms with Crippen LogP contribution in [0.3, 0.4) is 0 Å². The van der Waals surface area contributed by atoms with Crippen LogP contribution >= 0.6 is 15.9 Å². The number of nitrogens with one attached hydrogen (secondary N) is 1. The highest BCUT2D eigenvalue weighted by molar-refractivity contribution is 9.10. The summed E-state index contributed by atoms with van der Waals surface area (Å²) in [6, 6.07) is 16.5. The summed E-state index contributed by atoms with van der Waals surface area (Å²) in [5.74, 6) is -25.4. The van der Waals surface area contributed by atoms with E-state index in [-0.39, 0.29) is 11.0 Å². The topological polar surface area (TPSA) is 49.3 Å². The van der Waals surface area contributed by atoms with Crippen molar-refractivity contribution in [3.05, 3.63) is 106 Å². The molecule has 3 aromatic carbocycles. The second kappa shape index (κ2) is 10.8. The lowest BCUT2D eigenvalue weighted by Crippen LogP contribution is -2.69. The maximum absolute atomic E-state index is 15.8. The Morgan fingerprint density at radius 3 is 1.69 bits per heavy atom. The van der Waals surface area contributed by atoms with Gasteiger partial charge in [-0.2, -0.15) is 39.5 Å². The molecule has 39 heavy (non-hydrogen) atoms. The van der Waals surface area contributed by atoms with E-state index in [2.05, 4.69) is 21.2 Å². The first-order valence-corrected chi connectivity index (χ1v) is 11.8. The molecule has 13 heteroatoms. The number of halogens is 10. The van der Waals surface area contributed by atoms with Crippen molar-refractivity contribution in [2.75, 3.05) is 0 Å². The van der Waals surface area contributed by atoms with Gasteiger partial charge in [-0.3, -0.25) is 4.79 Å². The van der Waals surface area contributed by atoms with Gasteiger partial charge in [0, 0.05) is 11.0 Å². The Labute approximate surface area is 224 Å². The zero-order valence-corrected chi connectivity index (χ0v) is 21.1. The van der Waals surface area contributed by atoms with Crippen molar-refractivity contribution in [2.24, 2.45) is 0 Å². The Bertz CT molecular complexity index is 1270. The van der Waals surface area contributed by atoms with E-state index in [4.69, 9.17) is 0 Å². The van der Waals surface area contributed by atoms with E-state index in [0.717, 1.165) is 24.3 Å². The number of rotatable bonds is 9. The minimum atomic E-state index is -7.30. The first kappa shape index (κ1) is 30.5. The summed E-state index contributed by atoms with van der Waals surface area (Å²) in [6.45, 7) is -0.375. The van der Waals surface area contributed by atoms with Crippen LogP contribution in [0.25, 0.3) is 0 Å².